The first-order valence-electron chi connectivity index (χ1n) is 15.0. The smallest absolute Gasteiger partial charge is 0.157 e. The number of ether oxygens (including phenoxy) is 2. The van der Waals surface area contributed by atoms with Crippen LogP contribution >= 0.6 is 0 Å². The Labute approximate surface area is 214 Å². The van der Waals surface area contributed by atoms with Crippen LogP contribution in [-0.4, -0.2) is 19.5 Å². The number of unbranched alkanes of at least 4 members (excludes halogenated alkanes) is 14. The van der Waals surface area contributed by atoms with E-state index in [9.17, 15) is 0 Å². The molecule has 0 bridgehead atoms. The van der Waals surface area contributed by atoms with E-state index < -0.39 is 0 Å². The Morgan fingerprint density at radius 3 is 1.59 bits per heavy atom. The van der Waals surface area contributed by atoms with Crippen LogP contribution in [0.5, 0.6) is 0 Å². The van der Waals surface area contributed by atoms with Gasteiger partial charge in [0.05, 0.1) is 0 Å². The molecule has 2 nitrogen and oxygen atoms in total. The third-order valence-corrected chi connectivity index (χ3v) is 6.20. The summed E-state index contributed by atoms with van der Waals surface area (Å²) in [6.45, 7) is 8.44. The number of allylic oxidation sites excluding steroid dienone is 6. The minimum atomic E-state index is 0.00960. The van der Waals surface area contributed by atoms with Gasteiger partial charge in [0.2, 0.25) is 0 Å². The van der Waals surface area contributed by atoms with Crippen molar-refractivity contribution >= 4 is 0 Å². The van der Waals surface area contributed by atoms with Crippen molar-refractivity contribution in [2.75, 3.05) is 13.2 Å². The maximum Gasteiger partial charge on any atom is 0.157 e. The van der Waals surface area contributed by atoms with Gasteiger partial charge >= 0.3 is 0 Å². The molecule has 0 aromatic heterocycles. The molecular formula is C32H60O2. The highest BCUT2D eigenvalue weighted by Gasteiger charge is 2.09. The normalized spacial score (nSPS) is 12.4. The lowest BCUT2D eigenvalue weighted by molar-refractivity contribution is -0.148. The fraction of sp³-hybridized carbons (Fsp3) is 0.812. The summed E-state index contributed by atoms with van der Waals surface area (Å²) in [4.78, 5) is 0. The van der Waals surface area contributed by atoms with E-state index in [4.69, 9.17) is 9.47 Å². The summed E-state index contributed by atoms with van der Waals surface area (Å²) in [5, 5.41) is 0. The number of hydrogen-bond acceptors (Lipinski definition) is 2. The minimum absolute atomic E-state index is 0.00960. The Morgan fingerprint density at radius 1 is 0.471 bits per heavy atom. The summed E-state index contributed by atoms with van der Waals surface area (Å²) in [6, 6.07) is 0. The Hall–Kier alpha value is -0.860. The molecule has 0 aliphatic carbocycles. The SMILES string of the molecule is CC/C=C/C=C\CC/C=C\CCCCCC(OCCCCCCCC)OCCCCCCCC. The summed E-state index contributed by atoms with van der Waals surface area (Å²) in [5.41, 5.74) is 0. The van der Waals surface area contributed by atoms with Crippen molar-refractivity contribution in [1.29, 1.82) is 0 Å². The van der Waals surface area contributed by atoms with E-state index in [1.54, 1.807) is 0 Å². The first-order chi connectivity index (χ1) is 16.8. The van der Waals surface area contributed by atoms with E-state index in [-0.39, 0.29) is 6.29 Å². The molecule has 0 aromatic carbocycles. The Bertz CT molecular complexity index is 434. The Morgan fingerprint density at radius 2 is 0.971 bits per heavy atom. The van der Waals surface area contributed by atoms with Crippen molar-refractivity contribution in [2.45, 2.75) is 155 Å². The molecule has 0 spiro atoms. The molecule has 0 aliphatic heterocycles. The predicted molar refractivity (Wildman–Crippen MR) is 152 cm³/mol. The van der Waals surface area contributed by atoms with E-state index in [2.05, 4.69) is 57.2 Å². The first kappa shape index (κ1) is 33.1. The van der Waals surface area contributed by atoms with Crippen molar-refractivity contribution in [1.82, 2.24) is 0 Å². The summed E-state index contributed by atoms with van der Waals surface area (Å²) >= 11 is 0. The first-order valence-corrected chi connectivity index (χ1v) is 15.0. The zero-order valence-electron chi connectivity index (χ0n) is 23.4. The second-order valence-electron chi connectivity index (χ2n) is 9.66. The van der Waals surface area contributed by atoms with Gasteiger partial charge in [-0.15, -0.1) is 0 Å². The molecule has 34 heavy (non-hydrogen) atoms. The van der Waals surface area contributed by atoms with Crippen LogP contribution in [0.3, 0.4) is 0 Å². The van der Waals surface area contributed by atoms with Crippen LogP contribution in [-0.2, 0) is 9.47 Å². The average Bonchev–Trinajstić information content (AvgIpc) is 2.85. The fourth-order valence-electron chi connectivity index (χ4n) is 3.98. The molecular weight excluding hydrogens is 416 g/mol. The Kier molecular flexibility index (Phi) is 29.4. The summed E-state index contributed by atoms with van der Waals surface area (Å²) in [7, 11) is 0. The van der Waals surface area contributed by atoms with E-state index in [1.807, 2.05) is 0 Å². The van der Waals surface area contributed by atoms with Crippen molar-refractivity contribution in [2.24, 2.45) is 0 Å². The maximum atomic E-state index is 6.15. The van der Waals surface area contributed by atoms with Gasteiger partial charge in [-0.05, 0) is 57.8 Å². The molecule has 0 heterocycles. The molecule has 0 N–H and O–H groups in total. The molecule has 0 saturated heterocycles. The third-order valence-electron chi connectivity index (χ3n) is 6.20. The van der Waals surface area contributed by atoms with Gasteiger partial charge in [0, 0.05) is 13.2 Å². The fourth-order valence-corrected chi connectivity index (χ4v) is 3.98. The monoisotopic (exact) mass is 476 g/mol. The van der Waals surface area contributed by atoms with Gasteiger partial charge in [0.1, 0.15) is 0 Å². The van der Waals surface area contributed by atoms with Crippen LogP contribution in [0, 0.1) is 0 Å². The van der Waals surface area contributed by atoms with E-state index in [0.717, 1.165) is 38.9 Å². The van der Waals surface area contributed by atoms with Gasteiger partial charge in [-0.25, -0.2) is 0 Å². The number of rotatable bonds is 27. The third kappa shape index (κ3) is 27.4. The highest BCUT2D eigenvalue weighted by atomic mass is 16.7. The largest absolute Gasteiger partial charge is 0.353 e. The van der Waals surface area contributed by atoms with Crippen LogP contribution < -0.4 is 0 Å². The zero-order chi connectivity index (χ0) is 24.8. The zero-order valence-corrected chi connectivity index (χ0v) is 23.4. The molecule has 0 radical (unpaired) electrons. The summed E-state index contributed by atoms with van der Waals surface area (Å²) in [6.07, 6.45) is 38.6. The van der Waals surface area contributed by atoms with Crippen molar-refractivity contribution in [3.63, 3.8) is 0 Å². The van der Waals surface area contributed by atoms with E-state index in [1.165, 1.54) is 103 Å². The lowest BCUT2D eigenvalue weighted by Gasteiger charge is -2.19. The molecule has 0 unspecified atom stereocenters. The predicted octanol–water partition coefficient (Wildman–Crippen LogP) is 10.9. The molecule has 0 fully saturated rings. The van der Waals surface area contributed by atoms with Crippen LogP contribution in [0.25, 0.3) is 0 Å². The Balaban J connectivity index is 3.91. The molecule has 0 aromatic rings. The average molecular weight is 477 g/mol. The van der Waals surface area contributed by atoms with Gasteiger partial charge in [-0.3, -0.25) is 0 Å². The van der Waals surface area contributed by atoms with Crippen LogP contribution in [0.4, 0.5) is 0 Å². The second kappa shape index (κ2) is 30.2. The lowest BCUT2D eigenvalue weighted by atomic mass is 10.1. The molecule has 0 amide bonds. The molecule has 0 atom stereocenters. The van der Waals surface area contributed by atoms with Gasteiger partial charge in [0.25, 0.3) is 0 Å². The van der Waals surface area contributed by atoms with Crippen LogP contribution in [0.2, 0.25) is 0 Å². The van der Waals surface area contributed by atoms with Crippen molar-refractivity contribution < 1.29 is 9.47 Å². The topological polar surface area (TPSA) is 18.5 Å². The van der Waals surface area contributed by atoms with Crippen LogP contribution in [0.1, 0.15) is 149 Å². The van der Waals surface area contributed by atoms with E-state index >= 15 is 0 Å². The molecule has 2 heteroatoms. The van der Waals surface area contributed by atoms with E-state index in [0.29, 0.717) is 0 Å². The highest BCUT2D eigenvalue weighted by molar-refractivity contribution is 5.02. The minimum Gasteiger partial charge on any atom is -0.353 e. The quantitative estimate of drug-likeness (QED) is 0.0508. The molecule has 0 saturated carbocycles. The van der Waals surface area contributed by atoms with Gasteiger partial charge in [0.15, 0.2) is 6.29 Å². The summed E-state index contributed by atoms with van der Waals surface area (Å²) in [5.74, 6) is 0. The van der Waals surface area contributed by atoms with Gasteiger partial charge < -0.3 is 9.47 Å². The second-order valence-corrected chi connectivity index (χ2v) is 9.66. The summed E-state index contributed by atoms with van der Waals surface area (Å²) < 4.78 is 12.3. The molecule has 0 rings (SSSR count). The highest BCUT2D eigenvalue weighted by Crippen LogP contribution is 2.13. The lowest BCUT2D eigenvalue weighted by Crippen LogP contribution is -2.19. The van der Waals surface area contributed by atoms with Gasteiger partial charge in [-0.1, -0.05) is 128 Å². The van der Waals surface area contributed by atoms with Crippen LogP contribution in [0.15, 0.2) is 36.5 Å². The van der Waals surface area contributed by atoms with Crippen molar-refractivity contribution in [3.8, 4) is 0 Å². The maximum absolute atomic E-state index is 6.15. The number of hydrogen-bond donors (Lipinski definition) is 0. The van der Waals surface area contributed by atoms with Gasteiger partial charge in [-0.2, -0.15) is 0 Å². The molecule has 0 aliphatic rings. The van der Waals surface area contributed by atoms with Crippen molar-refractivity contribution in [3.05, 3.63) is 36.5 Å². The molecule has 200 valence electrons. The standard InChI is InChI=1S/C32H60O2/c1-4-7-10-13-16-17-18-19-20-21-22-23-26-29-32(33-30-27-24-14-11-8-5-2)34-31-28-25-15-12-9-6-3/h7,10,13,16,19-20,32H,4-6,8-9,11-12,14-15,17-18,21-31H2,1-3H3/b10-7+,16-13-,20-19-.